The summed E-state index contributed by atoms with van der Waals surface area (Å²) in [6.45, 7) is 2.20. The van der Waals surface area contributed by atoms with Crippen molar-refractivity contribution in [3.63, 3.8) is 0 Å². The summed E-state index contributed by atoms with van der Waals surface area (Å²) in [6.07, 6.45) is 3.52. The average Bonchev–Trinajstić information content (AvgIpc) is 2.79. The van der Waals surface area contributed by atoms with Crippen molar-refractivity contribution in [1.82, 2.24) is 10.0 Å². The molecule has 1 atom stereocenters. The number of rotatable bonds is 6. The number of carbonyl (C=O) groups is 1. The van der Waals surface area contributed by atoms with E-state index < -0.39 is 16.1 Å². The lowest BCUT2D eigenvalue weighted by Gasteiger charge is -2.26. The second-order valence-electron chi connectivity index (χ2n) is 4.82. The highest BCUT2D eigenvalue weighted by Gasteiger charge is 2.24. The van der Waals surface area contributed by atoms with Crippen molar-refractivity contribution >= 4 is 27.3 Å². The van der Waals surface area contributed by atoms with Gasteiger partial charge in [0.2, 0.25) is 5.91 Å². The Labute approximate surface area is 117 Å². The number of nitrogens with one attached hydrogen (secondary N) is 2. The topological polar surface area (TPSA) is 75.3 Å². The molecule has 0 spiro atoms. The first kappa shape index (κ1) is 14.5. The van der Waals surface area contributed by atoms with Crippen LogP contribution in [0.25, 0.3) is 0 Å². The van der Waals surface area contributed by atoms with Crippen molar-refractivity contribution in [2.75, 3.05) is 6.54 Å². The molecule has 0 bridgehead atoms. The smallest absolute Gasteiger partial charge is 0.250 e. The zero-order valence-corrected chi connectivity index (χ0v) is 12.4. The number of thiophene rings is 1. The van der Waals surface area contributed by atoms with Crippen LogP contribution in [0.3, 0.4) is 0 Å². The van der Waals surface area contributed by atoms with E-state index in [1.807, 2.05) is 0 Å². The molecule has 0 radical (unpaired) electrons. The number of sulfonamides is 1. The van der Waals surface area contributed by atoms with Gasteiger partial charge in [0.15, 0.2) is 0 Å². The Hall–Kier alpha value is -0.920. The second-order valence-corrected chi connectivity index (χ2v) is 7.71. The van der Waals surface area contributed by atoms with Crippen LogP contribution in [-0.2, 0) is 14.8 Å². The van der Waals surface area contributed by atoms with Crippen molar-refractivity contribution in [1.29, 1.82) is 0 Å². The number of amides is 1. The van der Waals surface area contributed by atoms with Gasteiger partial charge in [-0.25, -0.2) is 8.42 Å². The Kier molecular flexibility index (Phi) is 4.59. The zero-order chi connectivity index (χ0) is 13.9. The first-order valence-electron chi connectivity index (χ1n) is 6.32. The quantitative estimate of drug-likeness (QED) is 0.832. The lowest BCUT2D eigenvalue weighted by Crippen LogP contribution is -2.46. The Morgan fingerprint density at radius 2 is 2.26 bits per heavy atom. The van der Waals surface area contributed by atoms with E-state index in [1.165, 1.54) is 12.5 Å². The van der Waals surface area contributed by atoms with Gasteiger partial charge in [0, 0.05) is 6.54 Å². The lowest BCUT2D eigenvalue weighted by atomic mass is 9.85. The third-order valence-corrected chi connectivity index (χ3v) is 6.21. The third kappa shape index (κ3) is 3.77. The van der Waals surface area contributed by atoms with E-state index in [0.29, 0.717) is 12.5 Å². The molecule has 1 heterocycles. The molecule has 1 saturated carbocycles. The molecule has 5 nitrogen and oxygen atoms in total. The standard InChI is InChI=1S/C12H18N2O3S2/c1-9(12(15)13-8-10-4-2-5-10)14-19(16,17)11-6-3-7-18-11/h3,6-7,9-10,14H,2,4-5,8H2,1H3,(H,13,15). The minimum atomic E-state index is -3.58. The molecule has 1 aromatic heterocycles. The van der Waals surface area contributed by atoms with Crippen molar-refractivity contribution in [3.05, 3.63) is 17.5 Å². The van der Waals surface area contributed by atoms with Crippen molar-refractivity contribution < 1.29 is 13.2 Å². The Morgan fingerprint density at radius 1 is 1.53 bits per heavy atom. The summed E-state index contributed by atoms with van der Waals surface area (Å²) in [5.74, 6) is 0.289. The van der Waals surface area contributed by atoms with Crippen LogP contribution in [0.4, 0.5) is 0 Å². The summed E-state index contributed by atoms with van der Waals surface area (Å²) in [6, 6.07) is 2.43. The summed E-state index contributed by atoms with van der Waals surface area (Å²) in [7, 11) is -3.58. The van der Waals surface area contributed by atoms with Gasteiger partial charge in [-0.05, 0) is 37.1 Å². The third-order valence-electron chi connectivity index (χ3n) is 3.27. The molecule has 1 fully saturated rings. The van der Waals surface area contributed by atoms with Gasteiger partial charge in [-0.15, -0.1) is 11.3 Å². The molecule has 19 heavy (non-hydrogen) atoms. The summed E-state index contributed by atoms with van der Waals surface area (Å²) in [5, 5.41) is 4.48. The normalized spacial score (nSPS) is 17.7. The molecule has 1 amide bonds. The molecule has 2 rings (SSSR count). The Balaban J connectivity index is 1.85. The highest BCUT2D eigenvalue weighted by molar-refractivity contribution is 7.91. The van der Waals surface area contributed by atoms with Gasteiger partial charge in [-0.3, -0.25) is 4.79 Å². The molecule has 1 aliphatic carbocycles. The average molecular weight is 302 g/mol. The molecule has 2 N–H and O–H groups in total. The molecule has 0 aromatic carbocycles. The minimum Gasteiger partial charge on any atom is -0.354 e. The first-order chi connectivity index (χ1) is 8.99. The number of hydrogen-bond donors (Lipinski definition) is 2. The molecular weight excluding hydrogens is 284 g/mol. The molecule has 106 valence electrons. The van der Waals surface area contributed by atoms with E-state index in [1.54, 1.807) is 18.4 Å². The van der Waals surface area contributed by atoms with E-state index >= 15 is 0 Å². The predicted molar refractivity (Wildman–Crippen MR) is 74.5 cm³/mol. The zero-order valence-electron chi connectivity index (χ0n) is 10.8. The van der Waals surface area contributed by atoms with Gasteiger partial charge in [-0.2, -0.15) is 4.72 Å². The monoisotopic (exact) mass is 302 g/mol. The van der Waals surface area contributed by atoms with Crippen LogP contribution in [0.5, 0.6) is 0 Å². The van der Waals surface area contributed by atoms with E-state index in [-0.39, 0.29) is 10.1 Å². The van der Waals surface area contributed by atoms with Crippen molar-refractivity contribution in [3.8, 4) is 0 Å². The number of carbonyl (C=O) groups excluding carboxylic acids is 1. The van der Waals surface area contributed by atoms with Gasteiger partial charge >= 0.3 is 0 Å². The van der Waals surface area contributed by atoms with Crippen LogP contribution < -0.4 is 10.0 Å². The summed E-state index contributed by atoms with van der Waals surface area (Å²) in [4.78, 5) is 11.8. The highest BCUT2D eigenvalue weighted by atomic mass is 32.2. The highest BCUT2D eigenvalue weighted by Crippen LogP contribution is 2.25. The largest absolute Gasteiger partial charge is 0.354 e. The van der Waals surface area contributed by atoms with Gasteiger partial charge in [-0.1, -0.05) is 12.5 Å². The molecule has 1 aromatic rings. The van der Waals surface area contributed by atoms with Crippen molar-refractivity contribution in [2.45, 2.75) is 36.4 Å². The van der Waals surface area contributed by atoms with Gasteiger partial charge in [0.25, 0.3) is 10.0 Å². The van der Waals surface area contributed by atoms with E-state index in [0.717, 1.165) is 24.2 Å². The maximum absolute atomic E-state index is 11.9. The van der Waals surface area contributed by atoms with Gasteiger partial charge in [0.05, 0.1) is 6.04 Å². The van der Waals surface area contributed by atoms with Crippen LogP contribution in [-0.4, -0.2) is 26.9 Å². The second kappa shape index (κ2) is 6.02. The van der Waals surface area contributed by atoms with Gasteiger partial charge in [0.1, 0.15) is 4.21 Å². The number of hydrogen-bond acceptors (Lipinski definition) is 4. The SMILES string of the molecule is CC(NS(=O)(=O)c1cccs1)C(=O)NCC1CCC1. The van der Waals surface area contributed by atoms with Gasteiger partial charge < -0.3 is 5.32 Å². The maximum atomic E-state index is 11.9. The Bertz CT molecular complexity index is 521. The molecule has 1 aliphatic rings. The van der Waals surface area contributed by atoms with Crippen LogP contribution >= 0.6 is 11.3 Å². The first-order valence-corrected chi connectivity index (χ1v) is 8.69. The Morgan fingerprint density at radius 3 is 2.79 bits per heavy atom. The predicted octanol–water partition coefficient (Wildman–Crippen LogP) is 1.33. The maximum Gasteiger partial charge on any atom is 0.250 e. The van der Waals surface area contributed by atoms with E-state index in [4.69, 9.17) is 0 Å². The van der Waals surface area contributed by atoms with Crippen LogP contribution in [0, 0.1) is 5.92 Å². The fraction of sp³-hybridized carbons (Fsp3) is 0.583. The summed E-state index contributed by atoms with van der Waals surface area (Å²) < 4.78 is 26.5. The van der Waals surface area contributed by atoms with Crippen LogP contribution in [0.1, 0.15) is 26.2 Å². The fourth-order valence-electron chi connectivity index (χ4n) is 1.86. The fourth-order valence-corrected chi connectivity index (χ4v) is 4.07. The van der Waals surface area contributed by atoms with E-state index in [2.05, 4.69) is 10.0 Å². The lowest BCUT2D eigenvalue weighted by molar-refractivity contribution is -0.122. The van der Waals surface area contributed by atoms with Crippen LogP contribution in [0.2, 0.25) is 0 Å². The molecule has 0 aliphatic heterocycles. The van der Waals surface area contributed by atoms with Crippen molar-refractivity contribution in [2.24, 2.45) is 5.92 Å². The molecule has 0 saturated heterocycles. The minimum absolute atomic E-state index is 0.228. The molecule has 7 heteroatoms. The summed E-state index contributed by atoms with van der Waals surface area (Å²) >= 11 is 1.13. The van der Waals surface area contributed by atoms with Crippen LogP contribution in [0.15, 0.2) is 21.7 Å². The molecular formula is C12H18N2O3S2. The van der Waals surface area contributed by atoms with E-state index in [9.17, 15) is 13.2 Å². The summed E-state index contributed by atoms with van der Waals surface area (Å²) in [5.41, 5.74) is 0. The molecule has 1 unspecified atom stereocenters.